The highest BCUT2D eigenvalue weighted by atomic mass is 19.1. The number of halogens is 2. The van der Waals surface area contributed by atoms with Crippen LogP contribution in [-0.4, -0.2) is 18.3 Å². The van der Waals surface area contributed by atoms with E-state index >= 15 is 0 Å². The highest BCUT2D eigenvalue weighted by Gasteiger charge is 2.14. The molecule has 0 amide bonds. The van der Waals surface area contributed by atoms with Gasteiger partial charge in [-0.25, -0.2) is 8.78 Å². The molecule has 16 heavy (non-hydrogen) atoms. The number of aliphatic hydroxyl groups is 1. The van der Waals surface area contributed by atoms with E-state index < -0.39 is 11.6 Å². The Kier molecular flexibility index (Phi) is 5.35. The molecule has 0 radical (unpaired) electrons. The fourth-order valence-electron chi connectivity index (χ4n) is 1.68. The number of hydrogen-bond donors (Lipinski definition) is 2. The Bertz CT molecular complexity index is 331. The predicted molar refractivity (Wildman–Crippen MR) is 59.1 cm³/mol. The molecule has 1 aromatic carbocycles. The van der Waals surface area contributed by atoms with Crippen LogP contribution in [0.25, 0.3) is 0 Å². The fraction of sp³-hybridized carbons (Fsp3) is 0.500. The first-order valence-corrected chi connectivity index (χ1v) is 5.48. The topological polar surface area (TPSA) is 32.3 Å². The molecule has 0 unspecified atom stereocenters. The zero-order valence-electron chi connectivity index (χ0n) is 9.34. The molecule has 0 aliphatic rings. The van der Waals surface area contributed by atoms with Crippen molar-refractivity contribution in [3.8, 4) is 0 Å². The smallest absolute Gasteiger partial charge is 0.130 e. The molecule has 1 rings (SSSR count). The summed E-state index contributed by atoms with van der Waals surface area (Å²) in [6.07, 6.45) is 1.64. The van der Waals surface area contributed by atoms with Gasteiger partial charge in [0.25, 0.3) is 0 Å². The SMILES string of the molecule is CCC[C@@H](NCCO)c1ccc(F)cc1F. The largest absolute Gasteiger partial charge is 0.395 e. The van der Waals surface area contributed by atoms with Gasteiger partial charge in [-0.3, -0.25) is 0 Å². The van der Waals surface area contributed by atoms with Crippen LogP contribution in [0.15, 0.2) is 18.2 Å². The van der Waals surface area contributed by atoms with Crippen molar-refractivity contribution in [1.82, 2.24) is 5.32 Å². The lowest BCUT2D eigenvalue weighted by Crippen LogP contribution is -2.25. The van der Waals surface area contributed by atoms with Gasteiger partial charge < -0.3 is 10.4 Å². The van der Waals surface area contributed by atoms with Crippen LogP contribution in [0.5, 0.6) is 0 Å². The summed E-state index contributed by atoms with van der Waals surface area (Å²) in [6, 6.07) is 3.42. The van der Waals surface area contributed by atoms with Gasteiger partial charge in [0, 0.05) is 24.2 Å². The average Bonchev–Trinajstić information content (AvgIpc) is 2.25. The van der Waals surface area contributed by atoms with Gasteiger partial charge in [-0.2, -0.15) is 0 Å². The molecule has 0 saturated carbocycles. The van der Waals surface area contributed by atoms with E-state index in [1.165, 1.54) is 12.1 Å². The molecule has 1 atom stereocenters. The molecule has 0 heterocycles. The molecule has 2 nitrogen and oxygen atoms in total. The normalized spacial score (nSPS) is 12.8. The van der Waals surface area contributed by atoms with Crippen molar-refractivity contribution >= 4 is 0 Å². The molecular weight excluding hydrogens is 212 g/mol. The summed E-state index contributed by atoms with van der Waals surface area (Å²) in [5.74, 6) is -1.11. The first kappa shape index (κ1) is 13.1. The zero-order chi connectivity index (χ0) is 12.0. The van der Waals surface area contributed by atoms with E-state index in [9.17, 15) is 8.78 Å². The molecule has 1 aromatic rings. The molecule has 0 aliphatic heterocycles. The third-order valence-electron chi connectivity index (χ3n) is 2.42. The fourth-order valence-corrected chi connectivity index (χ4v) is 1.68. The van der Waals surface area contributed by atoms with Crippen molar-refractivity contribution in [3.63, 3.8) is 0 Å². The van der Waals surface area contributed by atoms with E-state index in [0.29, 0.717) is 12.1 Å². The maximum absolute atomic E-state index is 13.5. The van der Waals surface area contributed by atoms with E-state index in [0.717, 1.165) is 18.9 Å². The van der Waals surface area contributed by atoms with Crippen LogP contribution in [0, 0.1) is 11.6 Å². The molecule has 2 N–H and O–H groups in total. The average molecular weight is 229 g/mol. The third-order valence-corrected chi connectivity index (χ3v) is 2.42. The van der Waals surface area contributed by atoms with Crippen LogP contribution in [0.2, 0.25) is 0 Å². The first-order valence-electron chi connectivity index (χ1n) is 5.48. The second kappa shape index (κ2) is 6.55. The number of hydrogen-bond acceptors (Lipinski definition) is 2. The van der Waals surface area contributed by atoms with Crippen molar-refractivity contribution in [3.05, 3.63) is 35.4 Å². The van der Waals surface area contributed by atoms with E-state index in [2.05, 4.69) is 5.32 Å². The molecule has 0 aromatic heterocycles. The van der Waals surface area contributed by atoms with Crippen molar-refractivity contribution in [2.75, 3.05) is 13.2 Å². The number of benzene rings is 1. The summed E-state index contributed by atoms with van der Waals surface area (Å²) >= 11 is 0. The van der Waals surface area contributed by atoms with Gasteiger partial charge >= 0.3 is 0 Å². The Morgan fingerprint density at radius 2 is 2.12 bits per heavy atom. The van der Waals surface area contributed by atoms with E-state index in [1.54, 1.807) is 0 Å². The van der Waals surface area contributed by atoms with Gasteiger partial charge in [0.2, 0.25) is 0 Å². The molecule has 0 spiro atoms. The van der Waals surface area contributed by atoms with Crippen LogP contribution in [0.3, 0.4) is 0 Å². The number of aliphatic hydroxyl groups excluding tert-OH is 1. The second-order valence-electron chi connectivity index (χ2n) is 3.68. The van der Waals surface area contributed by atoms with Gasteiger partial charge in [0.15, 0.2) is 0 Å². The molecule has 0 saturated heterocycles. The molecule has 0 bridgehead atoms. The Balaban J connectivity index is 2.82. The minimum atomic E-state index is -0.571. The van der Waals surface area contributed by atoms with E-state index in [1.807, 2.05) is 6.92 Å². The number of rotatable bonds is 6. The Morgan fingerprint density at radius 3 is 2.69 bits per heavy atom. The summed E-state index contributed by atoms with van der Waals surface area (Å²) in [5.41, 5.74) is 0.455. The lowest BCUT2D eigenvalue weighted by molar-refractivity contribution is 0.281. The minimum absolute atomic E-state index is 0.00300. The quantitative estimate of drug-likeness (QED) is 0.785. The highest BCUT2D eigenvalue weighted by Crippen LogP contribution is 2.22. The monoisotopic (exact) mass is 229 g/mol. The molecule has 90 valence electrons. The summed E-state index contributed by atoms with van der Waals surface area (Å²) in [4.78, 5) is 0. The first-order chi connectivity index (χ1) is 7.69. The van der Waals surface area contributed by atoms with Crippen LogP contribution in [-0.2, 0) is 0 Å². The minimum Gasteiger partial charge on any atom is -0.395 e. The molecule has 0 fully saturated rings. The second-order valence-corrected chi connectivity index (χ2v) is 3.68. The standard InChI is InChI=1S/C12H17F2NO/c1-2-3-12(15-6-7-16)10-5-4-9(13)8-11(10)14/h4-5,8,12,15-16H,2-3,6-7H2,1H3/t12-/m1/s1. The van der Waals surface area contributed by atoms with Gasteiger partial charge in [0.1, 0.15) is 11.6 Å². The van der Waals surface area contributed by atoms with Crippen LogP contribution >= 0.6 is 0 Å². The van der Waals surface area contributed by atoms with Crippen molar-refractivity contribution in [2.45, 2.75) is 25.8 Å². The third kappa shape index (κ3) is 3.54. The van der Waals surface area contributed by atoms with E-state index in [-0.39, 0.29) is 12.6 Å². The van der Waals surface area contributed by atoms with Gasteiger partial charge in [-0.15, -0.1) is 0 Å². The summed E-state index contributed by atoms with van der Waals surface area (Å²) in [5, 5.41) is 11.8. The Labute approximate surface area is 94.3 Å². The van der Waals surface area contributed by atoms with Crippen molar-refractivity contribution in [2.24, 2.45) is 0 Å². The molecular formula is C12H17F2NO. The van der Waals surface area contributed by atoms with Crippen molar-refractivity contribution in [1.29, 1.82) is 0 Å². The van der Waals surface area contributed by atoms with E-state index in [4.69, 9.17) is 5.11 Å². The Hall–Kier alpha value is -1.00. The predicted octanol–water partition coefficient (Wildman–Crippen LogP) is 2.39. The van der Waals surface area contributed by atoms with Crippen LogP contribution in [0.4, 0.5) is 8.78 Å². The lowest BCUT2D eigenvalue weighted by Gasteiger charge is -2.18. The zero-order valence-corrected chi connectivity index (χ0v) is 9.34. The summed E-state index contributed by atoms with van der Waals surface area (Å²) in [7, 11) is 0. The van der Waals surface area contributed by atoms with Crippen LogP contribution < -0.4 is 5.32 Å². The van der Waals surface area contributed by atoms with Crippen LogP contribution in [0.1, 0.15) is 31.4 Å². The maximum atomic E-state index is 13.5. The molecule has 0 aliphatic carbocycles. The van der Waals surface area contributed by atoms with Gasteiger partial charge in [0.05, 0.1) is 6.61 Å². The highest BCUT2D eigenvalue weighted by molar-refractivity contribution is 5.22. The Morgan fingerprint density at radius 1 is 1.38 bits per heavy atom. The molecule has 4 heteroatoms. The number of nitrogens with one attached hydrogen (secondary N) is 1. The van der Waals surface area contributed by atoms with Gasteiger partial charge in [-0.1, -0.05) is 19.4 Å². The maximum Gasteiger partial charge on any atom is 0.130 e. The lowest BCUT2D eigenvalue weighted by atomic mass is 10.0. The van der Waals surface area contributed by atoms with Crippen molar-refractivity contribution < 1.29 is 13.9 Å². The van der Waals surface area contributed by atoms with Gasteiger partial charge in [-0.05, 0) is 12.5 Å². The summed E-state index contributed by atoms with van der Waals surface area (Å²) < 4.78 is 26.3. The summed E-state index contributed by atoms with van der Waals surface area (Å²) in [6.45, 7) is 2.40.